The molecule has 0 amide bonds. The van der Waals surface area contributed by atoms with Crippen LogP contribution in [0.2, 0.25) is 0 Å². The minimum absolute atomic E-state index is 0.105. The largest absolute Gasteiger partial charge is 0.360 e. The van der Waals surface area contributed by atoms with Crippen LogP contribution in [0.25, 0.3) is 11.5 Å². The molecule has 1 aromatic carbocycles. The standard InChI is InChI=1S/C17H18N4O4S/c1-11-15(12(2)24-19-11)26(22,23)21-9-8-14(10-21)16-18-17(25-20-16)13-6-4-3-5-7-13/h3-7,14H,8-10H2,1-2H3. The minimum atomic E-state index is -3.65. The summed E-state index contributed by atoms with van der Waals surface area (Å²) in [5.41, 5.74) is 1.21. The highest BCUT2D eigenvalue weighted by molar-refractivity contribution is 7.89. The summed E-state index contributed by atoms with van der Waals surface area (Å²) >= 11 is 0. The Morgan fingerprint density at radius 2 is 1.88 bits per heavy atom. The van der Waals surface area contributed by atoms with Crippen molar-refractivity contribution in [2.24, 2.45) is 0 Å². The van der Waals surface area contributed by atoms with Gasteiger partial charge in [-0.15, -0.1) is 0 Å². The molecule has 0 aliphatic carbocycles. The quantitative estimate of drug-likeness (QED) is 0.691. The molecule has 0 radical (unpaired) electrons. The SMILES string of the molecule is Cc1noc(C)c1S(=O)(=O)N1CCC(c2noc(-c3ccccc3)n2)C1. The van der Waals surface area contributed by atoms with Crippen LogP contribution in [0.5, 0.6) is 0 Å². The third-order valence-electron chi connectivity index (χ3n) is 4.54. The maximum absolute atomic E-state index is 12.9. The third kappa shape index (κ3) is 2.82. The monoisotopic (exact) mass is 374 g/mol. The van der Waals surface area contributed by atoms with E-state index in [9.17, 15) is 8.42 Å². The number of aryl methyl sites for hydroxylation is 2. The first kappa shape index (κ1) is 16.9. The molecule has 3 aromatic rings. The summed E-state index contributed by atoms with van der Waals surface area (Å²) in [7, 11) is -3.65. The van der Waals surface area contributed by atoms with Crippen LogP contribution in [0.15, 0.2) is 44.3 Å². The van der Waals surface area contributed by atoms with Crippen LogP contribution >= 0.6 is 0 Å². The van der Waals surface area contributed by atoms with E-state index in [0.717, 1.165) is 5.56 Å². The van der Waals surface area contributed by atoms with Gasteiger partial charge in [-0.3, -0.25) is 0 Å². The zero-order valence-corrected chi connectivity index (χ0v) is 15.2. The number of hydrogen-bond donors (Lipinski definition) is 0. The fourth-order valence-corrected chi connectivity index (χ4v) is 5.02. The number of aromatic nitrogens is 3. The van der Waals surface area contributed by atoms with Crippen molar-refractivity contribution in [3.8, 4) is 11.5 Å². The Kier molecular flexibility index (Phi) is 4.12. The van der Waals surface area contributed by atoms with E-state index in [1.165, 1.54) is 4.31 Å². The molecule has 4 rings (SSSR count). The van der Waals surface area contributed by atoms with Crippen LogP contribution in [0.3, 0.4) is 0 Å². The van der Waals surface area contributed by atoms with Crippen LogP contribution in [0.1, 0.15) is 29.6 Å². The highest BCUT2D eigenvalue weighted by Gasteiger charge is 2.38. The van der Waals surface area contributed by atoms with Gasteiger partial charge in [0.2, 0.25) is 10.0 Å². The van der Waals surface area contributed by atoms with Crippen molar-refractivity contribution in [3.63, 3.8) is 0 Å². The van der Waals surface area contributed by atoms with Crippen molar-refractivity contribution in [3.05, 3.63) is 47.6 Å². The molecule has 0 spiro atoms. The Morgan fingerprint density at radius 1 is 1.12 bits per heavy atom. The van der Waals surface area contributed by atoms with Gasteiger partial charge in [0, 0.05) is 24.6 Å². The van der Waals surface area contributed by atoms with Crippen LogP contribution in [0, 0.1) is 13.8 Å². The third-order valence-corrected chi connectivity index (χ3v) is 6.65. The van der Waals surface area contributed by atoms with E-state index in [2.05, 4.69) is 15.3 Å². The topological polar surface area (TPSA) is 102 Å². The number of hydrogen-bond acceptors (Lipinski definition) is 7. The summed E-state index contributed by atoms with van der Waals surface area (Å²) < 4.78 is 37.6. The van der Waals surface area contributed by atoms with Gasteiger partial charge in [-0.05, 0) is 32.4 Å². The average molecular weight is 374 g/mol. The lowest BCUT2D eigenvalue weighted by Gasteiger charge is -2.15. The first-order valence-corrected chi connectivity index (χ1v) is 9.73. The second-order valence-corrected chi connectivity index (χ2v) is 8.20. The van der Waals surface area contributed by atoms with Gasteiger partial charge >= 0.3 is 0 Å². The number of rotatable bonds is 4. The highest BCUT2D eigenvalue weighted by Crippen LogP contribution is 2.32. The lowest BCUT2D eigenvalue weighted by Crippen LogP contribution is -2.29. The molecule has 2 aromatic heterocycles. The Labute approximate surface area is 150 Å². The average Bonchev–Trinajstić information content (AvgIpc) is 3.35. The Morgan fingerprint density at radius 3 is 2.58 bits per heavy atom. The fraction of sp³-hybridized carbons (Fsp3) is 0.353. The molecule has 1 atom stereocenters. The van der Waals surface area contributed by atoms with Crippen molar-refractivity contribution < 1.29 is 17.5 Å². The number of benzene rings is 1. The van der Waals surface area contributed by atoms with Crippen LogP contribution in [-0.4, -0.2) is 41.1 Å². The molecule has 136 valence electrons. The van der Waals surface area contributed by atoms with Gasteiger partial charge in [0.15, 0.2) is 11.6 Å². The normalized spacial score (nSPS) is 18.5. The lowest BCUT2D eigenvalue weighted by atomic mass is 10.1. The predicted octanol–water partition coefficient (Wildman–Crippen LogP) is 2.52. The van der Waals surface area contributed by atoms with Crippen molar-refractivity contribution in [2.75, 3.05) is 13.1 Å². The van der Waals surface area contributed by atoms with Crippen LogP contribution < -0.4 is 0 Å². The first-order chi connectivity index (χ1) is 12.5. The van der Waals surface area contributed by atoms with E-state index in [4.69, 9.17) is 9.05 Å². The molecule has 9 heteroatoms. The van der Waals surface area contributed by atoms with Gasteiger partial charge in [0.05, 0.1) is 0 Å². The second kappa shape index (κ2) is 6.33. The molecule has 1 unspecified atom stereocenters. The van der Waals surface area contributed by atoms with Crippen molar-refractivity contribution in [1.29, 1.82) is 0 Å². The lowest BCUT2D eigenvalue weighted by molar-refractivity contribution is 0.389. The molecule has 1 aliphatic heterocycles. The first-order valence-electron chi connectivity index (χ1n) is 8.29. The smallest absolute Gasteiger partial charge is 0.257 e. The molecular weight excluding hydrogens is 356 g/mol. The Bertz CT molecular complexity index is 1010. The maximum Gasteiger partial charge on any atom is 0.257 e. The summed E-state index contributed by atoms with van der Waals surface area (Å²) in [5, 5.41) is 7.80. The number of nitrogens with zero attached hydrogens (tertiary/aromatic N) is 4. The number of sulfonamides is 1. The summed E-state index contributed by atoms with van der Waals surface area (Å²) in [4.78, 5) is 4.60. The van der Waals surface area contributed by atoms with Gasteiger partial charge in [-0.25, -0.2) is 8.42 Å². The summed E-state index contributed by atoms with van der Waals surface area (Å²) in [5.74, 6) is 1.16. The summed E-state index contributed by atoms with van der Waals surface area (Å²) in [6.45, 7) is 3.93. The van der Waals surface area contributed by atoms with Crippen molar-refractivity contribution >= 4 is 10.0 Å². The van der Waals surface area contributed by atoms with E-state index in [1.807, 2.05) is 30.3 Å². The van der Waals surface area contributed by atoms with Gasteiger partial charge < -0.3 is 9.05 Å². The van der Waals surface area contributed by atoms with E-state index in [0.29, 0.717) is 42.7 Å². The van der Waals surface area contributed by atoms with Crippen LogP contribution in [-0.2, 0) is 10.0 Å². The Hall–Kier alpha value is -2.52. The Balaban J connectivity index is 1.55. The molecular formula is C17H18N4O4S. The van der Waals surface area contributed by atoms with Crippen LogP contribution in [0.4, 0.5) is 0 Å². The minimum Gasteiger partial charge on any atom is -0.360 e. The molecule has 8 nitrogen and oxygen atoms in total. The van der Waals surface area contributed by atoms with E-state index >= 15 is 0 Å². The molecule has 26 heavy (non-hydrogen) atoms. The van der Waals surface area contributed by atoms with Crippen molar-refractivity contribution in [2.45, 2.75) is 31.1 Å². The molecule has 1 saturated heterocycles. The van der Waals surface area contributed by atoms with Gasteiger partial charge in [-0.2, -0.15) is 9.29 Å². The van der Waals surface area contributed by atoms with E-state index < -0.39 is 10.0 Å². The molecule has 3 heterocycles. The summed E-state index contributed by atoms with van der Waals surface area (Å²) in [6, 6.07) is 9.48. The second-order valence-electron chi connectivity index (χ2n) is 6.33. The maximum atomic E-state index is 12.9. The van der Waals surface area contributed by atoms with E-state index in [1.54, 1.807) is 13.8 Å². The molecule has 1 fully saturated rings. The summed E-state index contributed by atoms with van der Waals surface area (Å²) in [6.07, 6.45) is 0.635. The highest BCUT2D eigenvalue weighted by atomic mass is 32.2. The van der Waals surface area contributed by atoms with Gasteiger partial charge in [0.25, 0.3) is 5.89 Å². The molecule has 0 saturated carbocycles. The fourth-order valence-electron chi connectivity index (χ4n) is 3.23. The van der Waals surface area contributed by atoms with Crippen molar-refractivity contribution in [1.82, 2.24) is 19.6 Å². The molecule has 0 N–H and O–H groups in total. The molecule has 1 aliphatic rings. The molecule has 0 bridgehead atoms. The predicted molar refractivity (Wildman–Crippen MR) is 91.8 cm³/mol. The van der Waals surface area contributed by atoms with Gasteiger partial charge in [-0.1, -0.05) is 28.5 Å². The van der Waals surface area contributed by atoms with Gasteiger partial charge in [0.1, 0.15) is 10.6 Å². The van der Waals surface area contributed by atoms with E-state index in [-0.39, 0.29) is 10.8 Å². The zero-order chi connectivity index (χ0) is 18.3. The zero-order valence-electron chi connectivity index (χ0n) is 14.4.